The number of ether oxygens (including phenoxy) is 1. The Labute approximate surface area is 177 Å². The van der Waals surface area contributed by atoms with Crippen LogP contribution >= 0.6 is 0 Å². The molecule has 0 saturated heterocycles. The highest BCUT2D eigenvalue weighted by Crippen LogP contribution is 2.38. The van der Waals surface area contributed by atoms with Crippen molar-refractivity contribution in [2.75, 3.05) is 17.3 Å². The van der Waals surface area contributed by atoms with Gasteiger partial charge in [-0.2, -0.15) is 0 Å². The number of carbonyl (C=O) groups excluding carboxylic acids is 2. The number of aryl methyl sites for hydroxylation is 1. The number of benzene rings is 3. The lowest BCUT2D eigenvalue weighted by Crippen LogP contribution is -2.32. The van der Waals surface area contributed by atoms with E-state index in [0.29, 0.717) is 17.0 Å². The third-order valence-corrected chi connectivity index (χ3v) is 4.91. The molecular weight excluding hydrogens is 402 g/mol. The van der Waals surface area contributed by atoms with Crippen LogP contribution in [0.1, 0.15) is 11.1 Å². The Morgan fingerprint density at radius 1 is 0.871 bits per heavy atom. The van der Waals surface area contributed by atoms with Crippen molar-refractivity contribution in [3.63, 3.8) is 0 Å². The van der Waals surface area contributed by atoms with Gasteiger partial charge in [0, 0.05) is 11.8 Å². The molecule has 1 aliphatic heterocycles. The second-order valence-corrected chi connectivity index (χ2v) is 6.99. The van der Waals surface area contributed by atoms with Crippen LogP contribution in [0.15, 0.2) is 72.4 Å². The molecule has 4 rings (SSSR count). The predicted molar refractivity (Wildman–Crippen MR) is 114 cm³/mol. The monoisotopic (exact) mass is 420 g/mol. The van der Waals surface area contributed by atoms with E-state index in [1.165, 1.54) is 13.2 Å². The van der Waals surface area contributed by atoms with Gasteiger partial charge in [-0.3, -0.25) is 9.59 Å². The Kier molecular flexibility index (Phi) is 5.25. The maximum atomic E-state index is 13.7. The number of carbonyl (C=O) groups is 2. The van der Waals surface area contributed by atoms with Crippen LogP contribution in [0.5, 0.6) is 5.75 Å². The van der Waals surface area contributed by atoms with Gasteiger partial charge in [0.05, 0.1) is 18.4 Å². The van der Waals surface area contributed by atoms with Crippen molar-refractivity contribution in [2.24, 2.45) is 0 Å². The largest absolute Gasteiger partial charge is 0.495 e. The van der Waals surface area contributed by atoms with Gasteiger partial charge in [-0.25, -0.2) is 13.7 Å². The van der Waals surface area contributed by atoms with E-state index in [1.54, 1.807) is 48.5 Å². The molecule has 1 aliphatic rings. The highest BCUT2D eigenvalue weighted by molar-refractivity contribution is 6.46. The standard InChI is InChI=1S/C24H18F2N2O3/c1-14-8-11-20(31-2)19(12-14)28-23(29)21(15-6-4-3-5-7-15)22(24(28)30)27-16-9-10-17(25)18(26)13-16/h3-13,27H,1-2H3. The summed E-state index contributed by atoms with van der Waals surface area (Å²) < 4.78 is 32.4. The van der Waals surface area contributed by atoms with Crippen molar-refractivity contribution in [1.82, 2.24) is 0 Å². The summed E-state index contributed by atoms with van der Waals surface area (Å²) in [6, 6.07) is 17.0. The molecule has 0 radical (unpaired) electrons. The SMILES string of the molecule is COc1ccc(C)cc1N1C(=O)C(Nc2ccc(F)c(F)c2)=C(c2ccccc2)C1=O. The number of amides is 2. The van der Waals surface area contributed by atoms with Crippen LogP contribution in [0.3, 0.4) is 0 Å². The first-order valence-corrected chi connectivity index (χ1v) is 9.46. The Morgan fingerprint density at radius 2 is 1.61 bits per heavy atom. The molecule has 1 heterocycles. The van der Waals surface area contributed by atoms with Crippen LogP contribution in [-0.2, 0) is 9.59 Å². The average molecular weight is 420 g/mol. The van der Waals surface area contributed by atoms with E-state index in [0.717, 1.165) is 22.6 Å². The molecule has 0 atom stereocenters. The second kappa shape index (κ2) is 8.02. The van der Waals surface area contributed by atoms with E-state index < -0.39 is 23.4 Å². The number of nitrogens with one attached hydrogen (secondary N) is 1. The van der Waals surface area contributed by atoms with Gasteiger partial charge in [0.15, 0.2) is 11.6 Å². The molecule has 7 heteroatoms. The molecule has 3 aromatic rings. The summed E-state index contributed by atoms with van der Waals surface area (Å²) in [6.45, 7) is 1.83. The molecule has 0 spiro atoms. The van der Waals surface area contributed by atoms with E-state index in [9.17, 15) is 18.4 Å². The molecule has 0 bridgehead atoms. The number of imide groups is 1. The Morgan fingerprint density at radius 3 is 2.29 bits per heavy atom. The average Bonchev–Trinajstić information content (AvgIpc) is 3.00. The van der Waals surface area contributed by atoms with Gasteiger partial charge in [0.25, 0.3) is 11.8 Å². The molecule has 0 saturated carbocycles. The zero-order valence-electron chi connectivity index (χ0n) is 16.8. The molecule has 0 unspecified atom stereocenters. The Bertz CT molecular complexity index is 1220. The maximum Gasteiger partial charge on any atom is 0.282 e. The van der Waals surface area contributed by atoms with Crippen molar-refractivity contribution >= 4 is 28.8 Å². The highest BCUT2D eigenvalue weighted by Gasteiger charge is 2.41. The van der Waals surface area contributed by atoms with Crippen molar-refractivity contribution < 1.29 is 23.1 Å². The smallest absolute Gasteiger partial charge is 0.282 e. The molecule has 1 N–H and O–H groups in total. The summed E-state index contributed by atoms with van der Waals surface area (Å²) in [7, 11) is 1.45. The van der Waals surface area contributed by atoms with E-state index in [-0.39, 0.29) is 17.0 Å². The number of hydrogen-bond donors (Lipinski definition) is 1. The number of nitrogens with zero attached hydrogens (tertiary/aromatic N) is 1. The molecule has 0 aliphatic carbocycles. The van der Waals surface area contributed by atoms with Crippen molar-refractivity contribution in [3.8, 4) is 5.75 Å². The minimum atomic E-state index is -1.07. The predicted octanol–water partition coefficient (Wildman–Crippen LogP) is 4.68. The summed E-state index contributed by atoms with van der Waals surface area (Å²) in [4.78, 5) is 27.9. The summed E-state index contributed by atoms with van der Waals surface area (Å²) in [6.07, 6.45) is 0. The van der Waals surface area contributed by atoms with Crippen molar-refractivity contribution in [1.29, 1.82) is 0 Å². The molecular formula is C24H18F2N2O3. The number of anilines is 2. The van der Waals surface area contributed by atoms with Crippen LogP contribution in [-0.4, -0.2) is 18.9 Å². The second-order valence-electron chi connectivity index (χ2n) is 6.99. The summed E-state index contributed by atoms with van der Waals surface area (Å²) in [5.41, 5.74) is 1.87. The van der Waals surface area contributed by atoms with Crippen LogP contribution in [0.25, 0.3) is 5.57 Å². The Hall–Kier alpha value is -4.00. The molecule has 156 valence electrons. The van der Waals surface area contributed by atoms with Gasteiger partial charge in [0.1, 0.15) is 11.4 Å². The minimum Gasteiger partial charge on any atom is -0.495 e. The first-order valence-electron chi connectivity index (χ1n) is 9.46. The van der Waals surface area contributed by atoms with Crippen molar-refractivity contribution in [2.45, 2.75) is 6.92 Å². The van der Waals surface area contributed by atoms with Crippen molar-refractivity contribution in [3.05, 3.63) is 95.2 Å². The highest BCUT2D eigenvalue weighted by atomic mass is 19.2. The first-order chi connectivity index (χ1) is 14.9. The molecule has 31 heavy (non-hydrogen) atoms. The Balaban J connectivity index is 1.85. The molecule has 0 aromatic heterocycles. The van der Waals surface area contributed by atoms with Gasteiger partial charge in [-0.1, -0.05) is 36.4 Å². The number of halogens is 2. The molecule has 0 fully saturated rings. The van der Waals surface area contributed by atoms with Gasteiger partial charge >= 0.3 is 0 Å². The maximum absolute atomic E-state index is 13.7. The normalized spacial score (nSPS) is 13.7. The lowest BCUT2D eigenvalue weighted by molar-refractivity contribution is -0.120. The number of hydrogen-bond acceptors (Lipinski definition) is 4. The fourth-order valence-corrected chi connectivity index (χ4v) is 3.43. The zero-order chi connectivity index (χ0) is 22.1. The lowest BCUT2D eigenvalue weighted by Gasteiger charge is -2.19. The quantitative estimate of drug-likeness (QED) is 0.609. The fourth-order valence-electron chi connectivity index (χ4n) is 3.43. The molecule has 5 nitrogen and oxygen atoms in total. The number of methoxy groups -OCH3 is 1. The summed E-state index contributed by atoms with van der Waals surface area (Å²) in [5, 5.41) is 2.81. The van der Waals surface area contributed by atoms with Gasteiger partial charge in [-0.05, 0) is 42.3 Å². The van der Waals surface area contributed by atoms with Gasteiger partial charge < -0.3 is 10.1 Å². The van der Waals surface area contributed by atoms with Gasteiger partial charge in [0.2, 0.25) is 0 Å². The van der Waals surface area contributed by atoms with E-state index in [1.807, 2.05) is 6.92 Å². The first kappa shape index (κ1) is 20.3. The van der Waals surface area contributed by atoms with Crippen LogP contribution in [0.2, 0.25) is 0 Å². The summed E-state index contributed by atoms with van der Waals surface area (Å²) in [5.74, 6) is -2.90. The van der Waals surface area contributed by atoms with E-state index in [4.69, 9.17) is 4.74 Å². The molecule has 2 amide bonds. The third kappa shape index (κ3) is 3.66. The lowest BCUT2D eigenvalue weighted by atomic mass is 10.0. The third-order valence-electron chi connectivity index (χ3n) is 4.91. The zero-order valence-corrected chi connectivity index (χ0v) is 16.8. The number of rotatable bonds is 5. The summed E-state index contributed by atoms with van der Waals surface area (Å²) >= 11 is 0. The van der Waals surface area contributed by atoms with E-state index in [2.05, 4.69) is 5.32 Å². The fraction of sp³-hybridized carbons (Fsp3) is 0.0833. The van der Waals surface area contributed by atoms with Crippen LogP contribution in [0.4, 0.5) is 20.2 Å². The topological polar surface area (TPSA) is 58.6 Å². The van der Waals surface area contributed by atoms with Gasteiger partial charge in [-0.15, -0.1) is 0 Å². The van der Waals surface area contributed by atoms with E-state index >= 15 is 0 Å². The van der Waals surface area contributed by atoms with Crippen LogP contribution in [0, 0.1) is 18.6 Å². The minimum absolute atomic E-state index is 0.0363. The van der Waals surface area contributed by atoms with Crippen LogP contribution < -0.4 is 15.0 Å². The molecule has 3 aromatic carbocycles.